The van der Waals surface area contributed by atoms with Crippen LogP contribution in [0.3, 0.4) is 0 Å². The predicted molar refractivity (Wildman–Crippen MR) is 85.5 cm³/mol. The Hall–Kier alpha value is -2.20. The Morgan fingerprint density at radius 3 is 2.52 bits per heavy atom. The first-order valence-electron chi connectivity index (χ1n) is 7.16. The quantitative estimate of drug-likeness (QED) is 0.836. The van der Waals surface area contributed by atoms with Crippen LogP contribution in [0.25, 0.3) is 11.0 Å². The van der Waals surface area contributed by atoms with Gasteiger partial charge in [0.05, 0.1) is 11.9 Å². The summed E-state index contributed by atoms with van der Waals surface area (Å²) in [6.07, 6.45) is 1.18. The number of amides is 2. The maximum absolute atomic E-state index is 12.4. The number of sulfonamides is 1. The number of urea groups is 1. The zero-order valence-electron chi connectivity index (χ0n) is 12.9. The van der Waals surface area contributed by atoms with Gasteiger partial charge < -0.3 is 10.2 Å². The minimum Gasteiger partial charge on any atom is -0.322 e. The molecule has 1 saturated heterocycles. The fraction of sp³-hybridized carbons (Fsp3) is 0.462. The SMILES string of the molecule is Cn1nc2cccc(NC(=O)N3CCN(S(C)(=O)=O)CC3)c2n1. The predicted octanol–water partition coefficient (Wildman–Crippen LogP) is 0.0774. The van der Waals surface area contributed by atoms with Crippen LogP contribution in [0.15, 0.2) is 18.2 Å². The number of aromatic nitrogens is 3. The molecule has 0 spiro atoms. The number of benzene rings is 1. The van der Waals surface area contributed by atoms with Crippen LogP contribution >= 0.6 is 0 Å². The van der Waals surface area contributed by atoms with Gasteiger partial charge in [0.15, 0.2) is 0 Å². The first kappa shape index (κ1) is 15.7. The second-order valence-corrected chi connectivity index (χ2v) is 7.42. The topological polar surface area (TPSA) is 100 Å². The number of hydrogen-bond acceptors (Lipinski definition) is 5. The number of piperazine rings is 1. The van der Waals surface area contributed by atoms with Crippen LogP contribution in [0.2, 0.25) is 0 Å². The first-order chi connectivity index (χ1) is 10.8. The summed E-state index contributed by atoms with van der Waals surface area (Å²) in [5, 5.41) is 11.3. The van der Waals surface area contributed by atoms with Crippen molar-refractivity contribution in [1.82, 2.24) is 24.2 Å². The highest BCUT2D eigenvalue weighted by atomic mass is 32.2. The van der Waals surface area contributed by atoms with Crippen molar-refractivity contribution in [2.75, 3.05) is 37.8 Å². The van der Waals surface area contributed by atoms with Crippen molar-refractivity contribution in [3.63, 3.8) is 0 Å². The molecule has 2 aromatic rings. The lowest BCUT2D eigenvalue weighted by atomic mass is 10.2. The summed E-state index contributed by atoms with van der Waals surface area (Å²) in [7, 11) is -1.49. The number of hydrogen-bond donors (Lipinski definition) is 1. The molecule has 124 valence electrons. The van der Waals surface area contributed by atoms with Crippen molar-refractivity contribution in [2.45, 2.75) is 0 Å². The molecule has 0 aliphatic carbocycles. The number of aryl methyl sites for hydroxylation is 1. The first-order valence-corrected chi connectivity index (χ1v) is 9.00. The van der Waals surface area contributed by atoms with E-state index in [2.05, 4.69) is 15.5 Å². The minimum atomic E-state index is -3.21. The lowest BCUT2D eigenvalue weighted by Gasteiger charge is -2.33. The molecule has 3 rings (SSSR count). The number of rotatable bonds is 2. The van der Waals surface area contributed by atoms with E-state index in [1.165, 1.54) is 15.4 Å². The lowest BCUT2D eigenvalue weighted by molar-refractivity contribution is 0.184. The molecule has 1 fully saturated rings. The van der Waals surface area contributed by atoms with E-state index >= 15 is 0 Å². The lowest BCUT2D eigenvalue weighted by Crippen LogP contribution is -2.51. The van der Waals surface area contributed by atoms with E-state index in [4.69, 9.17) is 0 Å². The third-order valence-corrected chi connectivity index (χ3v) is 5.05. The summed E-state index contributed by atoms with van der Waals surface area (Å²) in [4.78, 5) is 15.4. The maximum atomic E-state index is 12.4. The Labute approximate surface area is 133 Å². The molecule has 0 unspecified atom stereocenters. The molecule has 10 heteroatoms. The van der Waals surface area contributed by atoms with Gasteiger partial charge in [-0.05, 0) is 12.1 Å². The number of fused-ring (bicyclic) bond motifs is 1. The molecule has 2 heterocycles. The Kier molecular flexibility index (Phi) is 3.94. The molecule has 23 heavy (non-hydrogen) atoms. The summed E-state index contributed by atoms with van der Waals surface area (Å²) in [6.45, 7) is 1.33. The third-order valence-electron chi connectivity index (χ3n) is 3.75. The van der Waals surface area contributed by atoms with Crippen LogP contribution in [0, 0.1) is 0 Å². The molecule has 0 radical (unpaired) electrons. The van der Waals surface area contributed by atoms with Gasteiger partial charge in [0.2, 0.25) is 10.0 Å². The van der Waals surface area contributed by atoms with Gasteiger partial charge in [-0.2, -0.15) is 19.3 Å². The van der Waals surface area contributed by atoms with Crippen molar-refractivity contribution in [2.24, 2.45) is 7.05 Å². The monoisotopic (exact) mass is 338 g/mol. The van der Waals surface area contributed by atoms with Gasteiger partial charge in [0, 0.05) is 33.2 Å². The van der Waals surface area contributed by atoms with Gasteiger partial charge in [-0.1, -0.05) is 6.07 Å². The summed E-state index contributed by atoms with van der Waals surface area (Å²) in [6, 6.07) is 5.12. The average Bonchev–Trinajstić information content (AvgIpc) is 2.88. The number of nitrogens with zero attached hydrogens (tertiary/aromatic N) is 5. The van der Waals surface area contributed by atoms with Crippen molar-refractivity contribution >= 4 is 32.8 Å². The van der Waals surface area contributed by atoms with Crippen LogP contribution in [-0.4, -0.2) is 71.1 Å². The van der Waals surface area contributed by atoms with Crippen LogP contribution in [0.4, 0.5) is 10.5 Å². The smallest absolute Gasteiger partial charge is 0.321 e. The highest BCUT2D eigenvalue weighted by molar-refractivity contribution is 7.88. The highest BCUT2D eigenvalue weighted by Gasteiger charge is 2.26. The summed E-state index contributed by atoms with van der Waals surface area (Å²) < 4.78 is 24.4. The summed E-state index contributed by atoms with van der Waals surface area (Å²) >= 11 is 0. The standard InChI is InChI=1S/C13H18N6O3S/c1-17-15-11-5-3-4-10(12(11)16-17)14-13(20)18-6-8-19(9-7-18)23(2,21)22/h3-5H,6-9H2,1-2H3,(H,14,20). The molecule has 0 bridgehead atoms. The number of anilines is 1. The molecule has 9 nitrogen and oxygen atoms in total. The Morgan fingerprint density at radius 2 is 1.87 bits per heavy atom. The fourth-order valence-electron chi connectivity index (χ4n) is 2.56. The normalized spacial score (nSPS) is 16.7. The third kappa shape index (κ3) is 3.27. The molecule has 2 amide bonds. The van der Waals surface area contributed by atoms with E-state index in [1.807, 2.05) is 6.07 Å². The minimum absolute atomic E-state index is 0.267. The second kappa shape index (κ2) is 5.78. The van der Waals surface area contributed by atoms with Crippen molar-refractivity contribution in [3.05, 3.63) is 18.2 Å². The van der Waals surface area contributed by atoms with Crippen molar-refractivity contribution < 1.29 is 13.2 Å². The second-order valence-electron chi connectivity index (χ2n) is 5.44. The van der Waals surface area contributed by atoms with Gasteiger partial charge in [0.25, 0.3) is 0 Å². The van der Waals surface area contributed by atoms with E-state index < -0.39 is 10.0 Å². The molecule has 1 aliphatic rings. The van der Waals surface area contributed by atoms with E-state index in [0.717, 1.165) is 0 Å². The maximum Gasteiger partial charge on any atom is 0.321 e. The number of nitrogens with one attached hydrogen (secondary N) is 1. The fourth-order valence-corrected chi connectivity index (χ4v) is 3.38. The van der Waals surface area contributed by atoms with Gasteiger partial charge in [0.1, 0.15) is 11.0 Å². The molecule has 1 aliphatic heterocycles. The number of carbonyl (C=O) groups excluding carboxylic acids is 1. The molecule has 0 atom stereocenters. The van der Waals surface area contributed by atoms with E-state index in [-0.39, 0.29) is 6.03 Å². The Bertz CT molecular complexity index is 839. The van der Waals surface area contributed by atoms with E-state index in [1.54, 1.807) is 24.1 Å². The van der Waals surface area contributed by atoms with Crippen LogP contribution < -0.4 is 5.32 Å². The Morgan fingerprint density at radius 1 is 1.17 bits per heavy atom. The average molecular weight is 338 g/mol. The van der Waals surface area contributed by atoms with Crippen LogP contribution in [-0.2, 0) is 17.1 Å². The van der Waals surface area contributed by atoms with E-state index in [9.17, 15) is 13.2 Å². The Balaban J connectivity index is 1.70. The zero-order valence-corrected chi connectivity index (χ0v) is 13.7. The largest absolute Gasteiger partial charge is 0.322 e. The molecule has 0 saturated carbocycles. The van der Waals surface area contributed by atoms with Crippen molar-refractivity contribution in [3.8, 4) is 0 Å². The number of carbonyl (C=O) groups is 1. The molecular weight excluding hydrogens is 320 g/mol. The van der Waals surface area contributed by atoms with Crippen molar-refractivity contribution in [1.29, 1.82) is 0 Å². The summed E-state index contributed by atoms with van der Waals surface area (Å²) in [5.74, 6) is 0. The van der Waals surface area contributed by atoms with Gasteiger partial charge in [-0.15, -0.1) is 0 Å². The van der Waals surface area contributed by atoms with Crippen LogP contribution in [0.5, 0.6) is 0 Å². The van der Waals surface area contributed by atoms with Crippen LogP contribution in [0.1, 0.15) is 0 Å². The zero-order chi connectivity index (χ0) is 16.6. The molecule has 1 N–H and O–H groups in total. The van der Waals surface area contributed by atoms with Gasteiger partial charge in [-0.25, -0.2) is 13.2 Å². The molecular formula is C13H18N6O3S. The van der Waals surface area contributed by atoms with Gasteiger partial charge >= 0.3 is 6.03 Å². The molecule has 1 aromatic heterocycles. The van der Waals surface area contributed by atoms with Gasteiger partial charge in [-0.3, -0.25) is 0 Å². The molecule has 1 aromatic carbocycles. The highest BCUT2D eigenvalue weighted by Crippen LogP contribution is 2.20. The van der Waals surface area contributed by atoms with E-state index in [0.29, 0.717) is 42.9 Å². The summed E-state index contributed by atoms with van der Waals surface area (Å²) in [5.41, 5.74) is 1.91.